The van der Waals surface area contributed by atoms with Crippen molar-refractivity contribution in [2.75, 3.05) is 19.6 Å². The zero-order valence-electron chi connectivity index (χ0n) is 14.4. The molecule has 2 aliphatic rings. The Kier molecular flexibility index (Phi) is 5.02. The number of rotatable bonds is 6. The highest BCUT2D eigenvalue weighted by molar-refractivity contribution is 5.96. The SMILES string of the molecule is C=C/C=C(\C)C(=O)CN1C[C@@H]2C[C@@](O)(Cc3ccccc3)C[C@@H]2C1. The molecule has 0 bridgehead atoms. The fourth-order valence-electron chi connectivity index (χ4n) is 4.40. The molecule has 0 unspecified atom stereocenters. The molecule has 24 heavy (non-hydrogen) atoms. The molecule has 128 valence electrons. The summed E-state index contributed by atoms with van der Waals surface area (Å²) >= 11 is 0. The number of likely N-dealkylation sites (tertiary alicyclic amines) is 1. The Labute approximate surface area is 144 Å². The smallest absolute Gasteiger partial charge is 0.172 e. The second-order valence-electron chi connectivity index (χ2n) is 7.52. The molecule has 0 spiro atoms. The summed E-state index contributed by atoms with van der Waals surface area (Å²) in [7, 11) is 0. The van der Waals surface area contributed by atoms with Crippen LogP contribution in [0.2, 0.25) is 0 Å². The van der Waals surface area contributed by atoms with Crippen LogP contribution in [-0.4, -0.2) is 41.0 Å². The summed E-state index contributed by atoms with van der Waals surface area (Å²) in [5.41, 5.74) is 1.39. The van der Waals surface area contributed by atoms with Crippen molar-refractivity contribution in [3.63, 3.8) is 0 Å². The fraction of sp³-hybridized carbons (Fsp3) is 0.476. The van der Waals surface area contributed by atoms with Crippen LogP contribution in [0.1, 0.15) is 25.3 Å². The molecule has 3 rings (SSSR count). The van der Waals surface area contributed by atoms with Gasteiger partial charge in [0.15, 0.2) is 5.78 Å². The van der Waals surface area contributed by atoms with Crippen LogP contribution in [0.3, 0.4) is 0 Å². The first-order valence-corrected chi connectivity index (χ1v) is 8.80. The number of allylic oxidation sites excluding steroid dienone is 2. The zero-order valence-corrected chi connectivity index (χ0v) is 14.4. The molecule has 1 aliphatic carbocycles. The van der Waals surface area contributed by atoms with Gasteiger partial charge in [0.25, 0.3) is 0 Å². The molecule has 1 aliphatic heterocycles. The monoisotopic (exact) mass is 325 g/mol. The van der Waals surface area contributed by atoms with E-state index in [0.29, 0.717) is 18.4 Å². The average Bonchev–Trinajstić information content (AvgIpc) is 3.02. The second-order valence-corrected chi connectivity index (χ2v) is 7.52. The largest absolute Gasteiger partial charge is 0.390 e. The number of hydrogen-bond donors (Lipinski definition) is 1. The average molecular weight is 325 g/mol. The van der Waals surface area contributed by atoms with Gasteiger partial charge in [-0.05, 0) is 42.7 Å². The molecule has 2 fully saturated rings. The Bertz CT molecular complexity index is 620. The summed E-state index contributed by atoms with van der Waals surface area (Å²) in [6.45, 7) is 7.83. The lowest BCUT2D eigenvalue weighted by Crippen LogP contribution is -2.34. The number of benzene rings is 1. The fourth-order valence-corrected chi connectivity index (χ4v) is 4.40. The van der Waals surface area contributed by atoms with Crippen LogP contribution in [0.5, 0.6) is 0 Å². The number of Topliss-reactive ketones (excluding diaryl/α,β-unsaturated/α-hetero) is 1. The van der Waals surface area contributed by atoms with Crippen LogP contribution in [-0.2, 0) is 11.2 Å². The Morgan fingerprint density at radius 3 is 2.50 bits per heavy atom. The first kappa shape index (κ1) is 17.1. The van der Waals surface area contributed by atoms with Gasteiger partial charge < -0.3 is 5.11 Å². The molecule has 0 radical (unpaired) electrons. The lowest BCUT2D eigenvalue weighted by atomic mass is 9.91. The number of hydrogen-bond acceptors (Lipinski definition) is 3. The van der Waals surface area contributed by atoms with E-state index in [1.807, 2.05) is 25.1 Å². The van der Waals surface area contributed by atoms with E-state index in [9.17, 15) is 9.90 Å². The lowest BCUT2D eigenvalue weighted by Gasteiger charge is -2.26. The third-order valence-corrected chi connectivity index (χ3v) is 5.49. The third-order valence-electron chi connectivity index (χ3n) is 5.49. The van der Waals surface area contributed by atoms with Crippen molar-refractivity contribution < 1.29 is 9.90 Å². The minimum Gasteiger partial charge on any atom is -0.390 e. The van der Waals surface area contributed by atoms with Gasteiger partial charge in [-0.25, -0.2) is 0 Å². The number of ketones is 1. The molecule has 1 aromatic rings. The van der Waals surface area contributed by atoms with E-state index in [2.05, 4.69) is 23.6 Å². The molecule has 1 N–H and O–H groups in total. The molecule has 1 heterocycles. The summed E-state index contributed by atoms with van der Waals surface area (Å²) < 4.78 is 0. The third kappa shape index (κ3) is 3.85. The van der Waals surface area contributed by atoms with Crippen LogP contribution in [0.25, 0.3) is 0 Å². The summed E-state index contributed by atoms with van der Waals surface area (Å²) in [6, 6.07) is 10.2. The normalized spacial score (nSPS) is 30.3. The number of nitrogens with zero attached hydrogens (tertiary/aromatic N) is 1. The molecular formula is C21H27NO2. The first-order valence-electron chi connectivity index (χ1n) is 8.80. The van der Waals surface area contributed by atoms with Crippen molar-refractivity contribution in [1.82, 2.24) is 4.90 Å². The Morgan fingerprint density at radius 2 is 1.92 bits per heavy atom. The number of aliphatic hydroxyl groups is 1. The summed E-state index contributed by atoms with van der Waals surface area (Å²) in [6.07, 6.45) is 5.87. The molecular weight excluding hydrogens is 298 g/mol. The molecule has 3 atom stereocenters. The van der Waals surface area contributed by atoms with Gasteiger partial charge in [-0.15, -0.1) is 0 Å². The van der Waals surface area contributed by atoms with Gasteiger partial charge in [0.2, 0.25) is 0 Å². The van der Waals surface area contributed by atoms with E-state index >= 15 is 0 Å². The van der Waals surface area contributed by atoms with Crippen molar-refractivity contribution in [3.05, 3.63) is 60.2 Å². The van der Waals surface area contributed by atoms with Gasteiger partial charge >= 0.3 is 0 Å². The molecule has 1 aromatic carbocycles. The maximum absolute atomic E-state index is 12.2. The minimum atomic E-state index is -0.578. The van der Waals surface area contributed by atoms with Gasteiger partial charge in [-0.1, -0.05) is 49.1 Å². The van der Waals surface area contributed by atoms with Crippen LogP contribution >= 0.6 is 0 Å². The van der Waals surface area contributed by atoms with E-state index in [4.69, 9.17) is 0 Å². The standard InChI is InChI=1S/C21H27NO2/c1-3-7-16(2)20(23)15-22-13-18-11-21(24,12-19(18)14-22)10-17-8-5-4-6-9-17/h3-9,18-19,24H,1,10-15H2,2H3/b16-7+/t18-,19+,21-. The predicted molar refractivity (Wildman–Crippen MR) is 96.7 cm³/mol. The molecule has 3 heteroatoms. The Balaban J connectivity index is 1.55. The van der Waals surface area contributed by atoms with Crippen LogP contribution in [0.4, 0.5) is 0 Å². The highest BCUT2D eigenvalue weighted by atomic mass is 16.3. The second kappa shape index (κ2) is 7.04. The summed E-state index contributed by atoms with van der Waals surface area (Å²) in [5.74, 6) is 1.19. The van der Waals surface area contributed by atoms with Gasteiger partial charge in [-0.2, -0.15) is 0 Å². The van der Waals surface area contributed by atoms with E-state index in [-0.39, 0.29) is 5.78 Å². The molecule has 1 saturated heterocycles. The minimum absolute atomic E-state index is 0.175. The highest BCUT2D eigenvalue weighted by Gasteiger charge is 2.48. The van der Waals surface area contributed by atoms with Gasteiger partial charge in [0.05, 0.1) is 12.1 Å². The van der Waals surface area contributed by atoms with Crippen molar-refractivity contribution >= 4 is 5.78 Å². The molecule has 3 nitrogen and oxygen atoms in total. The highest BCUT2D eigenvalue weighted by Crippen LogP contribution is 2.45. The predicted octanol–water partition coefficient (Wildman–Crippen LogP) is 3.00. The molecule has 1 saturated carbocycles. The van der Waals surface area contributed by atoms with Crippen LogP contribution in [0, 0.1) is 11.8 Å². The van der Waals surface area contributed by atoms with Crippen molar-refractivity contribution in [2.45, 2.75) is 31.8 Å². The van der Waals surface area contributed by atoms with Gasteiger partial charge in [-0.3, -0.25) is 9.69 Å². The van der Waals surface area contributed by atoms with E-state index in [0.717, 1.165) is 37.9 Å². The maximum atomic E-state index is 12.2. The van der Waals surface area contributed by atoms with Crippen molar-refractivity contribution in [1.29, 1.82) is 0 Å². The Morgan fingerprint density at radius 1 is 1.29 bits per heavy atom. The summed E-state index contributed by atoms with van der Waals surface area (Å²) in [4.78, 5) is 14.4. The number of carbonyl (C=O) groups is 1. The quantitative estimate of drug-likeness (QED) is 0.646. The van der Waals surface area contributed by atoms with E-state index in [1.54, 1.807) is 12.2 Å². The topological polar surface area (TPSA) is 40.5 Å². The maximum Gasteiger partial charge on any atom is 0.172 e. The van der Waals surface area contributed by atoms with Crippen molar-refractivity contribution in [3.8, 4) is 0 Å². The first-order chi connectivity index (χ1) is 11.5. The number of carbonyl (C=O) groups excluding carboxylic acids is 1. The van der Waals surface area contributed by atoms with Gasteiger partial charge in [0.1, 0.15) is 0 Å². The van der Waals surface area contributed by atoms with E-state index < -0.39 is 5.60 Å². The van der Waals surface area contributed by atoms with Crippen molar-refractivity contribution in [2.24, 2.45) is 11.8 Å². The van der Waals surface area contributed by atoms with Crippen LogP contribution in [0.15, 0.2) is 54.6 Å². The Hall–Kier alpha value is -1.71. The number of fused-ring (bicyclic) bond motifs is 1. The summed E-state index contributed by atoms with van der Waals surface area (Å²) in [5, 5.41) is 11.0. The molecule has 0 aromatic heterocycles. The van der Waals surface area contributed by atoms with Crippen LogP contribution < -0.4 is 0 Å². The zero-order chi connectivity index (χ0) is 17.2. The van der Waals surface area contributed by atoms with E-state index in [1.165, 1.54) is 5.56 Å². The van der Waals surface area contributed by atoms with Gasteiger partial charge in [0, 0.05) is 19.5 Å². The lowest BCUT2D eigenvalue weighted by molar-refractivity contribution is -0.116. The molecule has 0 amide bonds.